The van der Waals surface area contributed by atoms with Crippen molar-refractivity contribution in [1.82, 2.24) is 19.6 Å². The van der Waals surface area contributed by atoms with Gasteiger partial charge in [0.25, 0.3) is 0 Å². The van der Waals surface area contributed by atoms with Crippen LogP contribution < -0.4 is 5.32 Å². The lowest BCUT2D eigenvalue weighted by atomic mass is 9.89. The summed E-state index contributed by atoms with van der Waals surface area (Å²) in [4.78, 5) is 20.0. The van der Waals surface area contributed by atoms with E-state index in [0.717, 1.165) is 47.4 Å². The zero-order valence-electron chi connectivity index (χ0n) is 17.6. The fourth-order valence-electron chi connectivity index (χ4n) is 4.43. The van der Waals surface area contributed by atoms with Crippen LogP contribution in [0.1, 0.15) is 48.4 Å². The Kier molecular flexibility index (Phi) is 4.91. The highest BCUT2D eigenvalue weighted by Gasteiger charge is 2.32. The Morgan fingerprint density at radius 2 is 2.12 bits per heavy atom. The second kappa shape index (κ2) is 7.81. The smallest absolute Gasteiger partial charge is 0.234 e. The third-order valence-corrected chi connectivity index (χ3v) is 8.30. The summed E-state index contributed by atoms with van der Waals surface area (Å²) in [5.74, 6) is 1.52. The normalized spacial score (nSPS) is 18.2. The van der Waals surface area contributed by atoms with Crippen molar-refractivity contribution in [3.63, 3.8) is 0 Å². The number of thioether (sulfide) groups is 1. The van der Waals surface area contributed by atoms with Crippen molar-refractivity contribution >= 4 is 50.6 Å². The number of aromatic nitrogens is 4. The molecule has 1 aromatic carbocycles. The van der Waals surface area contributed by atoms with E-state index < -0.39 is 5.82 Å². The number of anilines is 1. The third kappa shape index (κ3) is 3.47. The average molecular weight is 468 g/mol. The number of carbonyl (C=O) groups is 1. The van der Waals surface area contributed by atoms with Gasteiger partial charge in [0.05, 0.1) is 16.8 Å². The largest absolute Gasteiger partial charge is 0.323 e. The van der Waals surface area contributed by atoms with Crippen LogP contribution >= 0.6 is 23.1 Å². The van der Waals surface area contributed by atoms with Gasteiger partial charge in [-0.3, -0.25) is 9.20 Å². The number of benzene rings is 1. The van der Waals surface area contributed by atoms with Gasteiger partial charge in [0.1, 0.15) is 16.5 Å². The maximum atomic E-state index is 13.8. The summed E-state index contributed by atoms with van der Waals surface area (Å²) in [6.07, 6.45) is 5.57. The number of aryl methyl sites for hydroxylation is 1. The molecule has 4 aromatic rings. The molecular formula is C23H22FN5OS2. The first-order valence-corrected chi connectivity index (χ1v) is 12.7. The molecule has 2 aliphatic rings. The summed E-state index contributed by atoms with van der Waals surface area (Å²) in [6.45, 7) is 2.31. The molecule has 164 valence electrons. The summed E-state index contributed by atoms with van der Waals surface area (Å²) in [6, 6.07) is 6.17. The van der Waals surface area contributed by atoms with Crippen molar-refractivity contribution in [1.29, 1.82) is 0 Å². The van der Waals surface area contributed by atoms with E-state index in [-0.39, 0.29) is 17.3 Å². The lowest BCUT2D eigenvalue weighted by Crippen LogP contribution is -2.15. The Labute approximate surface area is 192 Å². The molecular weight excluding hydrogens is 445 g/mol. The molecule has 1 saturated carbocycles. The molecule has 0 saturated heterocycles. The molecule has 0 aliphatic heterocycles. The molecule has 1 amide bonds. The van der Waals surface area contributed by atoms with Gasteiger partial charge in [-0.2, -0.15) is 0 Å². The molecule has 0 radical (unpaired) electrons. The Morgan fingerprint density at radius 1 is 1.28 bits per heavy atom. The maximum Gasteiger partial charge on any atom is 0.234 e. The number of fused-ring (bicyclic) bond motifs is 5. The summed E-state index contributed by atoms with van der Waals surface area (Å²) >= 11 is 3.13. The minimum atomic E-state index is -0.446. The predicted molar refractivity (Wildman–Crippen MR) is 125 cm³/mol. The molecule has 3 aromatic heterocycles. The second-order valence-electron chi connectivity index (χ2n) is 8.73. The van der Waals surface area contributed by atoms with Crippen molar-refractivity contribution in [3.05, 3.63) is 46.3 Å². The molecule has 1 atom stereocenters. The van der Waals surface area contributed by atoms with Gasteiger partial charge in [-0.25, -0.2) is 9.37 Å². The van der Waals surface area contributed by atoms with Crippen LogP contribution in [0.4, 0.5) is 10.1 Å². The standard InChI is InChI=1S/C23H22FN5OS2/c1-12-6-9-14-17(10-12)32-22-19(14)21-27-28-23(29(21)20(26-22)13-7-8-13)31-11-18(30)25-16-5-3-2-4-15(16)24/h2-5,12-13H,6-11H2,1H3,(H,25,30). The first-order valence-electron chi connectivity index (χ1n) is 10.9. The Morgan fingerprint density at radius 3 is 2.94 bits per heavy atom. The molecule has 6 rings (SSSR count). The average Bonchev–Trinajstić information content (AvgIpc) is 3.44. The van der Waals surface area contributed by atoms with Gasteiger partial charge in [0.2, 0.25) is 5.91 Å². The number of nitrogens with one attached hydrogen (secondary N) is 1. The highest BCUT2D eigenvalue weighted by atomic mass is 32.2. The number of halogens is 1. The zero-order valence-corrected chi connectivity index (χ0v) is 19.2. The number of hydrogen-bond acceptors (Lipinski definition) is 6. The molecule has 1 unspecified atom stereocenters. The van der Waals surface area contributed by atoms with Gasteiger partial charge in [0, 0.05) is 10.8 Å². The van der Waals surface area contributed by atoms with Crippen molar-refractivity contribution in [3.8, 4) is 0 Å². The second-order valence-corrected chi connectivity index (χ2v) is 10.8. The van der Waals surface area contributed by atoms with Crippen molar-refractivity contribution < 1.29 is 9.18 Å². The first kappa shape index (κ1) is 20.1. The number of amides is 1. The van der Waals surface area contributed by atoms with Crippen LogP contribution in [0.2, 0.25) is 0 Å². The minimum absolute atomic E-state index is 0.122. The fraction of sp³-hybridized carbons (Fsp3) is 0.391. The van der Waals surface area contributed by atoms with E-state index in [1.807, 2.05) is 11.3 Å². The number of nitrogens with zero attached hydrogens (tertiary/aromatic N) is 4. The fourth-order valence-corrected chi connectivity index (χ4v) is 6.55. The Balaban J connectivity index is 1.35. The summed E-state index contributed by atoms with van der Waals surface area (Å²) in [7, 11) is 0. The third-order valence-electron chi connectivity index (χ3n) is 6.22. The van der Waals surface area contributed by atoms with Crippen LogP contribution in [0.25, 0.3) is 15.9 Å². The minimum Gasteiger partial charge on any atom is -0.323 e. The molecule has 1 N–H and O–H groups in total. The van der Waals surface area contributed by atoms with Crippen LogP contribution in [-0.2, 0) is 17.6 Å². The molecule has 6 nitrogen and oxygen atoms in total. The molecule has 0 spiro atoms. The van der Waals surface area contributed by atoms with E-state index >= 15 is 0 Å². The van der Waals surface area contributed by atoms with E-state index in [2.05, 4.69) is 26.8 Å². The maximum absolute atomic E-state index is 13.8. The lowest BCUT2D eigenvalue weighted by Gasteiger charge is -2.17. The molecule has 32 heavy (non-hydrogen) atoms. The number of rotatable bonds is 5. The van der Waals surface area contributed by atoms with Gasteiger partial charge in [0.15, 0.2) is 10.8 Å². The topological polar surface area (TPSA) is 72.2 Å². The molecule has 0 bridgehead atoms. The summed E-state index contributed by atoms with van der Waals surface area (Å²) in [5.41, 5.74) is 2.43. The Bertz CT molecular complexity index is 1360. The van der Waals surface area contributed by atoms with E-state index in [0.29, 0.717) is 17.0 Å². The zero-order chi connectivity index (χ0) is 21.8. The van der Waals surface area contributed by atoms with Gasteiger partial charge < -0.3 is 5.32 Å². The lowest BCUT2D eigenvalue weighted by molar-refractivity contribution is -0.113. The number of thiophene rings is 1. The van der Waals surface area contributed by atoms with E-state index in [4.69, 9.17) is 4.98 Å². The highest BCUT2D eigenvalue weighted by Crippen LogP contribution is 2.44. The van der Waals surface area contributed by atoms with Gasteiger partial charge in [-0.15, -0.1) is 21.5 Å². The van der Waals surface area contributed by atoms with Crippen LogP contribution in [-0.4, -0.2) is 31.2 Å². The van der Waals surface area contributed by atoms with Crippen molar-refractivity contribution in [2.45, 2.75) is 50.1 Å². The van der Waals surface area contributed by atoms with Gasteiger partial charge in [-0.05, 0) is 55.7 Å². The summed E-state index contributed by atoms with van der Waals surface area (Å²) < 4.78 is 15.9. The molecule has 3 heterocycles. The number of carbonyl (C=O) groups excluding carboxylic acids is 1. The van der Waals surface area contributed by atoms with Crippen molar-refractivity contribution in [2.75, 3.05) is 11.1 Å². The SMILES string of the molecule is CC1CCc2c(sc3nc(C4CC4)n4c(SCC(=O)Nc5ccccc5F)nnc4c23)C1. The number of hydrogen-bond donors (Lipinski definition) is 1. The van der Waals surface area contributed by atoms with Crippen LogP contribution in [0.5, 0.6) is 0 Å². The number of para-hydroxylation sites is 1. The van der Waals surface area contributed by atoms with Crippen molar-refractivity contribution in [2.24, 2.45) is 5.92 Å². The monoisotopic (exact) mass is 467 g/mol. The van der Waals surface area contributed by atoms with E-state index in [1.54, 1.807) is 18.2 Å². The highest BCUT2D eigenvalue weighted by molar-refractivity contribution is 7.99. The first-order chi connectivity index (χ1) is 15.6. The molecule has 1 fully saturated rings. The molecule has 2 aliphatic carbocycles. The van der Waals surface area contributed by atoms with Gasteiger partial charge >= 0.3 is 0 Å². The van der Waals surface area contributed by atoms with Crippen LogP contribution in [0.15, 0.2) is 29.4 Å². The van der Waals surface area contributed by atoms with Crippen LogP contribution in [0, 0.1) is 11.7 Å². The quantitative estimate of drug-likeness (QED) is 0.408. The Hall–Kier alpha value is -2.52. The van der Waals surface area contributed by atoms with E-state index in [1.165, 1.54) is 34.7 Å². The summed E-state index contributed by atoms with van der Waals surface area (Å²) in [5, 5.41) is 13.4. The van der Waals surface area contributed by atoms with E-state index in [9.17, 15) is 9.18 Å². The van der Waals surface area contributed by atoms with Gasteiger partial charge in [-0.1, -0.05) is 30.8 Å². The predicted octanol–water partition coefficient (Wildman–Crippen LogP) is 5.21. The molecule has 9 heteroatoms. The van der Waals surface area contributed by atoms with Crippen LogP contribution in [0.3, 0.4) is 0 Å².